The first-order chi connectivity index (χ1) is 19.6. The Labute approximate surface area is 253 Å². The van der Waals surface area contributed by atoms with E-state index >= 15 is 0 Å². The topological polar surface area (TPSA) is 57.3 Å². The first-order valence-electron chi connectivity index (χ1n) is 14.8. The molecule has 0 spiro atoms. The van der Waals surface area contributed by atoms with Crippen LogP contribution in [0.4, 0.5) is 8.78 Å². The van der Waals surface area contributed by atoms with Crippen molar-refractivity contribution in [2.24, 2.45) is 5.92 Å². The van der Waals surface area contributed by atoms with Crippen LogP contribution in [0.1, 0.15) is 85.7 Å². The third-order valence-corrected chi connectivity index (χ3v) is 6.80. The molecule has 1 saturated heterocycles. The third-order valence-electron chi connectivity index (χ3n) is 6.80. The van der Waals surface area contributed by atoms with Crippen LogP contribution in [0.25, 0.3) is 5.57 Å². The number of nitrogens with zero attached hydrogens (tertiary/aromatic N) is 2. The Morgan fingerprint density at radius 1 is 1.14 bits per heavy atom. The Balaban J connectivity index is 0.000000524. The number of hydrogen-bond acceptors (Lipinski definition) is 4. The van der Waals surface area contributed by atoms with E-state index in [1.165, 1.54) is 12.1 Å². The van der Waals surface area contributed by atoms with E-state index < -0.39 is 11.6 Å². The number of likely N-dealkylation sites (tertiary alicyclic amines) is 1. The summed E-state index contributed by atoms with van der Waals surface area (Å²) in [6.45, 7) is 30.7. The Morgan fingerprint density at radius 3 is 2.26 bits per heavy atom. The molecule has 0 aliphatic carbocycles. The number of halogens is 2. The van der Waals surface area contributed by atoms with Crippen LogP contribution in [-0.2, 0) is 10.3 Å². The van der Waals surface area contributed by atoms with Gasteiger partial charge in [-0.25, -0.2) is 8.78 Å². The van der Waals surface area contributed by atoms with Gasteiger partial charge in [-0.1, -0.05) is 53.0 Å². The number of rotatable bonds is 10. The number of aryl methyl sites for hydroxylation is 1. The molecule has 0 atom stereocenters. The molecule has 2 N–H and O–H groups in total. The summed E-state index contributed by atoms with van der Waals surface area (Å²) in [5.41, 5.74) is 4.03. The predicted molar refractivity (Wildman–Crippen MR) is 173 cm³/mol. The molecule has 1 aromatic heterocycles. The van der Waals surface area contributed by atoms with Gasteiger partial charge in [0.05, 0.1) is 16.8 Å². The van der Waals surface area contributed by atoms with Crippen molar-refractivity contribution in [1.29, 1.82) is 0 Å². The maximum Gasteiger partial charge on any atom is 0.246 e. The zero-order valence-corrected chi connectivity index (χ0v) is 27.4. The van der Waals surface area contributed by atoms with Crippen LogP contribution in [-0.4, -0.2) is 41.0 Å². The maximum atomic E-state index is 13.0. The lowest BCUT2D eigenvalue weighted by atomic mass is 9.83. The standard InChI is InChI=1S/C23H36N4O.C10H10F2.C2H6/c1-16(2)13-27-14-23(15-27,26-21(28)17(3)4)12-19(6)25-22(7,8)20-11-9-10-18(5)24-20;1-3-7(2)9-5-4-8(11)6-10(9)12;1-2/h9-11,16,25H,3,6,12-15H2,1-2,4-5,7-8H3,(H,26,28);3-6H,1-2H3;1-2H3/b;7-3+;. The quantitative estimate of drug-likeness (QED) is 0.279. The van der Waals surface area contributed by atoms with Crippen molar-refractivity contribution >= 4 is 11.5 Å². The van der Waals surface area contributed by atoms with E-state index in [0.717, 1.165) is 48.4 Å². The van der Waals surface area contributed by atoms with Gasteiger partial charge in [-0.3, -0.25) is 14.7 Å². The number of aromatic nitrogens is 1. The van der Waals surface area contributed by atoms with Crippen LogP contribution in [0.15, 0.2) is 66.9 Å². The molecule has 3 rings (SSSR count). The van der Waals surface area contributed by atoms with Gasteiger partial charge in [-0.2, -0.15) is 0 Å². The highest BCUT2D eigenvalue weighted by molar-refractivity contribution is 5.92. The average Bonchev–Trinajstić information content (AvgIpc) is 2.88. The summed E-state index contributed by atoms with van der Waals surface area (Å²) < 4.78 is 25.5. The number of allylic oxidation sites excluding steroid dienone is 2. The zero-order chi connectivity index (χ0) is 32.3. The molecular weight excluding hydrogens is 530 g/mol. The van der Waals surface area contributed by atoms with Gasteiger partial charge in [-0.05, 0) is 77.3 Å². The van der Waals surface area contributed by atoms with E-state index in [1.807, 2.05) is 45.9 Å². The molecule has 0 saturated carbocycles. The monoisotopic (exact) mass is 582 g/mol. The van der Waals surface area contributed by atoms with Crippen LogP contribution < -0.4 is 10.6 Å². The number of pyridine rings is 1. The molecule has 2 aromatic rings. The molecule has 1 aliphatic rings. The molecule has 7 heteroatoms. The smallest absolute Gasteiger partial charge is 0.246 e. The van der Waals surface area contributed by atoms with Crippen molar-refractivity contribution < 1.29 is 13.6 Å². The molecule has 232 valence electrons. The number of benzene rings is 1. The molecule has 5 nitrogen and oxygen atoms in total. The van der Waals surface area contributed by atoms with Gasteiger partial charge in [0.15, 0.2) is 0 Å². The summed E-state index contributed by atoms with van der Waals surface area (Å²) in [6.07, 6.45) is 2.46. The SMILES string of the molecule is C/C=C(\C)c1ccc(F)cc1F.C=C(CC1(NC(=O)C(=C)C)CN(CC(C)C)C1)NC(C)(C)c1cccc(C)n1.CC. The number of amides is 1. The minimum absolute atomic E-state index is 0.0865. The summed E-state index contributed by atoms with van der Waals surface area (Å²) in [4.78, 5) is 19.3. The van der Waals surface area contributed by atoms with Crippen LogP contribution >= 0.6 is 0 Å². The fourth-order valence-electron chi connectivity index (χ4n) is 4.85. The van der Waals surface area contributed by atoms with Crippen molar-refractivity contribution in [3.63, 3.8) is 0 Å². The van der Waals surface area contributed by atoms with E-state index in [-0.39, 0.29) is 17.0 Å². The lowest BCUT2D eigenvalue weighted by Gasteiger charge is -2.52. The lowest BCUT2D eigenvalue weighted by Crippen LogP contribution is -2.71. The molecule has 0 radical (unpaired) electrons. The highest BCUT2D eigenvalue weighted by Crippen LogP contribution is 2.30. The molecule has 42 heavy (non-hydrogen) atoms. The third kappa shape index (κ3) is 11.2. The second-order valence-corrected chi connectivity index (χ2v) is 11.9. The maximum absolute atomic E-state index is 13.0. The van der Waals surface area contributed by atoms with Crippen molar-refractivity contribution in [1.82, 2.24) is 20.5 Å². The highest BCUT2D eigenvalue weighted by Gasteiger charge is 2.44. The van der Waals surface area contributed by atoms with Gasteiger partial charge in [-0.15, -0.1) is 0 Å². The molecule has 0 unspecified atom stereocenters. The molecule has 1 fully saturated rings. The number of nitrogens with one attached hydrogen (secondary N) is 2. The molecule has 1 aliphatic heterocycles. The van der Waals surface area contributed by atoms with Gasteiger partial charge in [0, 0.05) is 54.6 Å². The molecule has 2 heterocycles. The van der Waals surface area contributed by atoms with Gasteiger partial charge in [0.1, 0.15) is 11.6 Å². The molecule has 1 amide bonds. The van der Waals surface area contributed by atoms with Crippen LogP contribution in [0.3, 0.4) is 0 Å². The normalized spacial score (nSPS) is 14.5. The fraction of sp³-hybridized carbons (Fsp3) is 0.486. The van der Waals surface area contributed by atoms with E-state index in [0.29, 0.717) is 23.5 Å². The second kappa shape index (κ2) is 16.4. The van der Waals surface area contributed by atoms with Gasteiger partial charge in [0.2, 0.25) is 5.91 Å². The van der Waals surface area contributed by atoms with Gasteiger partial charge < -0.3 is 10.6 Å². The zero-order valence-electron chi connectivity index (χ0n) is 27.4. The molecule has 0 bridgehead atoms. The van der Waals surface area contributed by atoms with Crippen molar-refractivity contribution in [2.75, 3.05) is 19.6 Å². The largest absolute Gasteiger partial charge is 0.378 e. The number of hydrogen-bond donors (Lipinski definition) is 2. The molecule has 1 aromatic carbocycles. The average molecular weight is 583 g/mol. The van der Waals surface area contributed by atoms with Crippen LogP contribution in [0, 0.1) is 24.5 Å². The van der Waals surface area contributed by atoms with Crippen LogP contribution in [0.2, 0.25) is 0 Å². The highest BCUT2D eigenvalue weighted by atomic mass is 19.1. The predicted octanol–water partition coefficient (Wildman–Crippen LogP) is 7.94. The Hall–Kier alpha value is -3.32. The Kier molecular flexibility index (Phi) is 14.3. The summed E-state index contributed by atoms with van der Waals surface area (Å²) in [5.74, 6) is -0.537. The first-order valence-corrected chi connectivity index (χ1v) is 14.8. The number of carbonyl (C=O) groups is 1. The summed E-state index contributed by atoms with van der Waals surface area (Å²) in [6, 6.07) is 9.63. The van der Waals surface area contributed by atoms with Crippen molar-refractivity contribution in [3.8, 4) is 0 Å². The molecular formula is C35H52F2N4O. The van der Waals surface area contributed by atoms with Crippen LogP contribution in [0.5, 0.6) is 0 Å². The summed E-state index contributed by atoms with van der Waals surface area (Å²) in [7, 11) is 0. The summed E-state index contributed by atoms with van der Waals surface area (Å²) >= 11 is 0. The minimum Gasteiger partial charge on any atom is -0.378 e. The van der Waals surface area contributed by atoms with Crippen molar-refractivity contribution in [3.05, 3.63) is 95.5 Å². The second-order valence-electron chi connectivity index (χ2n) is 11.9. The van der Waals surface area contributed by atoms with Gasteiger partial charge >= 0.3 is 0 Å². The number of carbonyl (C=O) groups excluding carboxylic acids is 1. The van der Waals surface area contributed by atoms with E-state index in [4.69, 9.17) is 0 Å². The van der Waals surface area contributed by atoms with E-state index in [9.17, 15) is 13.6 Å². The lowest BCUT2D eigenvalue weighted by molar-refractivity contribution is -0.122. The van der Waals surface area contributed by atoms with E-state index in [1.54, 1.807) is 19.9 Å². The van der Waals surface area contributed by atoms with Crippen molar-refractivity contribution in [2.45, 2.75) is 86.7 Å². The Bertz CT molecular complexity index is 1240. The minimum atomic E-state index is -0.542. The Morgan fingerprint density at radius 2 is 1.76 bits per heavy atom. The van der Waals surface area contributed by atoms with E-state index in [2.05, 4.69) is 61.4 Å². The fourth-order valence-corrected chi connectivity index (χ4v) is 4.85. The van der Waals surface area contributed by atoms with Gasteiger partial charge in [0.25, 0.3) is 0 Å². The summed E-state index contributed by atoms with van der Waals surface area (Å²) in [5, 5.41) is 6.73. The first kappa shape index (κ1) is 36.7.